The zero-order valence-electron chi connectivity index (χ0n) is 12.3. The Balaban J connectivity index is 1.82. The van der Waals surface area contributed by atoms with E-state index in [-0.39, 0.29) is 17.9 Å². The van der Waals surface area contributed by atoms with Crippen molar-refractivity contribution in [1.82, 2.24) is 16.0 Å². The summed E-state index contributed by atoms with van der Waals surface area (Å²) in [6.07, 6.45) is 8.74. The van der Waals surface area contributed by atoms with Crippen LogP contribution in [0.2, 0.25) is 0 Å². The molecular weight excluding hydrogens is 266 g/mol. The zero-order valence-corrected chi connectivity index (χ0v) is 12.3. The Labute approximate surface area is 125 Å². The van der Waals surface area contributed by atoms with Crippen LogP contribution in [0.15, 0.2) is 36.0 Å². The number of piperidine rings is 1. The van der Waals surface area contributed by atoms with Gasteiger partial charge in [0.05, 0.1) is 0 Å². The molecule has 2 rings (SSSR count). The number of amides is 2. The number of carbonyl (C=O) groups excluding carboxylic acids is 2. The average molecular weight is 289 g/mol. The van der Waals surface area contributed by atoms with E-state index in [0.29, 0.717) is 6.54 Å². The molecule has 2 aliphatic rings. The summed E-state index contributed by atoms with van der Waals surface area (Å²) < 4.78 is 0. The third-order valence-electron chi connectivity index (χ3n) is 3.83. The lowest BCUT2D eigenvalue weighted by Crippen LogP contribution is -2.46. The summed E-state index contributed by atoms with van der Waals surface area (Å²) in [5.74, 6) is -0.137. The van der Waals surface area contributed by atoms with Crippen LogP contribution in [0.1, 0.15) is 25.7 Å². The molecule has 1 heterocycles. The molecule has 0 aromatic rings. The molecule has 0 aromatic carbocycles. The summed E-state index contributed by atoms with van der Waals surface area (Å²) in [5, 5.41) is 9.12. The highest BCUT2D eigenvalue weighted by atomic mass is 16.2. The summed E-state index contributed by atoms with van der Waals surface area (Å²) in [4.78, 5) is 23.3. The Hall–Kier alpha value is -1.88. The Bertz CT molecular complexity index is 474. The van der Waals surface area contributed by atoms with Gasteiger partial charge in [-0.15, -0.1) is 0 Å². The first kappa shape index (κ1) is 15.5. The van der Waals surface area contributed by atoms with Gasteiger partial charge in [0.15, 0.2) is 0 Å². The van der Waals surface area contributed by atoms with Crippen molar-refractivity contribution in [1.29, 1.82) is 0 Å². The molecule has 114 valence electrons. The molecule has 1 aliphatic heterocycles. The zero-order chi connectivity index (χ0) is 15.1. The van der Waals surface area contributed by atoms with E-state index in [0.717, 1.165) is 49.9 Å². The van der Waals surface area contributed by atoms with Crippen LogP contribution in [-0.4, -0.2) is 37.5 Å². The van der Waals surface area contributed by atoms with Crippen molar-refractivity contribution in [3.8, 4) is 0 Å². The molecule has 0 spiro atoms. The highest BCUT2D eigenvalue weighted by Gasteiger charge is 2.19. The first-order valence-corrected chi connectivity index (χ1v) is 7.49. The van der Waals surface area contributed by atoms with Crippen LogP contribution in [0.3, 0.4) is 0 Å². The van der Waals surface area contributed by atoms with Crippen molar-refractivity contribution in [2.45, 2.75) is 31.7 Å². The molecule has 21 heavy (non-hydrogen) atoms. The number of nitrogens with one attached hydrogen (secondary N) is 3. The molecule has 1 saturated heterocycles. The Morgan fingerprint density at radius 1 is 1.38 bits per heavy atom. The second kappa shape index (κ2) is 7.78. The smallest absolute Gasteiger partial charge is 0.247 e. The molecule has 3 N–H and O–H groups in total. The highest BCUT2D eigenvalue weighted by molar-refractivity contribution is 5.94. The minimum absolute atomic E-state index is 0.0362. The van der Waals surface area contributed by atoms with Gasteiger partial charge in [-0.1, -0.05) is 24.3 Å². The maximum Gasteiger partial charge on any atom is 0.247 e. The first-order valence-electron chi connectivity index (χ1n) is 7.49. The lowest BCUT2D eigenvalue weighted by atomic mass is 9.97. The second-order valence-corrected chi connectivity index (χ2v) is 5.46. The van der Waals surface area contributed by atoms with Gasteiger partial charge in [-0.25, -0.2) is 0 Å². The Morgan fingerprint density at radius 3 is 2.86 bits per heavy atom. The average Bonchev–Trinajstić information content (AvgIpc) is 2.54. The fraction of sp³-hybridized carbons (Fsp3) is 0.500. The number of rotatable bonds is 5. The van der Waals surface area contributed by atoms with Gasteiger partial charge in [0.1, 0.15) is 0 Å². The van der Waals surface area contributed by atoms with Gasteiger partial charge in [-0.3, -0.25) is 9.59 Å². The molecule has 0 bridgehead atoms. The number of hydrogen-bond donors (Lipinski definition) is 3. The standard InChI is InChI=1S/C16H23N3O2/c1-2-15(20)18-10-12-5-7-13(8-6-12)16(21)19-14-4-3-9-17-11-14/h2,5,7,14,17H,1,3-4,6,8-11H2,(H,18,20)(H,19,21)/t14-/m1/s1. The van der Waals surface area contributed by atoms with Crippen molar-refractivity contribution in [3.63, 3.8) is 0 Å². The SMILES string of the molecule is C=CC(=O)NCC1=CC=C(C(=O)N[C@@H]2CCCNC2)CC1. The lowest BCUT2D eigenvalue weighted by Gasteiger charge is -2.25. The topological polar surface area (TPSA) is 70.2 Å². The predicted molar refractivity (Wildman–Crippen MR) is 82.6 cm³/mol. The van der Waals surface area contributed by atoms with Crippen LogP contribution in [0.4, 0.5) is 0 Å². The maximum atomic E-state index is 12.2. The summed E-state index contributed by atoms with van der Waals surface area (Å²) >= 11 is 0. The van der Waals surface area contributed by atoms with Gasteiger partial charge >= 0.3 is 0 Å². The van der Waals surface area contributed by atoms with Gasteiger partial charge in [0.25, 0.3) is 0 Å². The van der Waals surface area contributed by atoms with Gasteiger partial charge in [-0.05, 0) is 38.3 Å². The molecule has 5 heteroatoms. The Morgan fingerprint density at radius 2 is 2.24 bits per heavy atom. The van der Waals surface area contributed by atoms with Gasteiger partial charge < -0.3 is 16.0 Å². The van der Waals surface area contributed by atoms with Crippen LogP contribution in [0, 0.1) is 0 Å². The summed E-state index contributed by atoms with van der Waals surface area (Å²) in [6.45, 7) is 5.82. The number of allylic oxidation sites excluding steroid dienone is 2. The molecule has 0 aromatic heterocycles. The fourth-order valence-corrected chi connectivity index (χ4v) is 2.54. The van der Waals surface area contributed by atoms with E-state index in [9.17, 15) is 9.59 Å². The monoisotopic (exact) mass is 289 g/mol. The van der Waals surface area contributed by atoms with Gasteiger partial charge in [0.2, 0.25) is 11.8 Å². The maximum absolute atomic E-state index is 12.2. The third-order valence-corrected chi connectivity index (χ3v) is 3.83. The van der Waals surface area contributed by atoms with Crippen molar-refractivity contribution >= 4 is 11.8 Å². The molecule has 1 aliphatic carbocycles. The number of carbonyl (C=O) groups is 2. The van der Waals surface area contributed by atoms with Crippen molar-refractivity contribution in [3.05, 3.63) is 36.0 Å². The normalized spacial score (nSPS) is 21.8. The predicted octanol–water partition coefficient (Wildman–Crippen LogP) is 0.803. The molecular formula is C16H23N3O2. The first-order chi connectivity index (χ1) is 10.2. The van der Waals surface area contributed by atoms with E-state index in [1.807, 2.05) is 12.2 Å². The summed E-state index contributed by atoms with van der Waals surface area (Å²) in [6, 6.07) is 0.240. The molecule has 1 fully saturated rings. The van der Waals surface area contributed by atoms with Crippen LogP contribution in [-0.2, 0) is 9.59 Å². The van der Waals surface area contributed by atoms with E-state index in [2.05, 4.69) is 22.5 Å². The van der Waals surface area contributed by atoms with Crippen LogP contribution in [0.5, 0.6) is 0 Å². The van der Waals surface area contributed by atoms with Crippen molar-refractivity contribution in [2.75, 3.05) is 19.6 Å². The van der Waals surface area contributed by atoms with E-state index >= 15 is 0 Å². The molecule has 0 radical (unpaired) electrons. The van der Waals surface area contributed by atoms with E-state index in [1.54, 1.807) is 0 Å². The summed E-state index contributed by atoms with van der Waals surface area (Å²) in [5.41, 5.74) is 1.94. The highest BCUT2D eigenvalue weighted by Crippen LogP contribution is 2.18. The number of hydrogen-bond acceptors (Lipinski definition) is 3. The van der Waals surface area contributed by atoms with Crippen LogP contribution >= 0.6 is 0 Å². The van der Waals surface area contributed by atoms with Crippen molar-refractivity contribution in [2.24, 2.45) is 0 Å². The third kappa shape index (κ3) is 4.86. The van der Waals surface area contributed by atoms with Gasteiger partial charge in [-0.2, -0.15) is 0 Å². The van der Waals surface area contributed by atoms with Gasteiger partial charge in [0, 0.05) is 24.7 Å². The molecule has 2 amide bonds. The molecule has 5 nitrogen and oxygen atoms in total. The minimum atomic E-state index is -0.173. The molecule has 0 unspecified atom stereocenters. The molecule has 0 saturated carbocycles. The lowest BCUT2D eigenvalue weighted by molar-refractivity contribution is -0.118. The fourth-order valence-electron chi connectivity index (χ4n) is 2.54. The van der Waals surface area contributed by atoms with E-state index < -0.39 is 0 Å². The van der Waals surface area contributed by atoms with Crippen LogP contribution < -0.4 is 16.0 Å². The second-order valence-electron chi connectivity index (χ2n) is 5.46. The largest absolute Gasteiger partial charge is 0.349 e. The minimum Gasteiger partial charge on any atom is -0.349 e. The Kier molecular flexibility index (Phi) is 5.75. The van der Waals surface area contributed by atoms with Crippen LogP contribution in [0.25, 0.3) is 0 Å². The summed E-state index contributed by atoms with van der Waals surface area (Å²) in [7, 11) is 0. The quantitative estimate of drug-likeness (QED) is 0.656. The molecule has 1 atom stereocenters. The van der Waals surface area contributed by atoms with E-state index in [4.69, 9.17) is 0 Å². The van der Waals surface area contributed by atoms with E-state index in [1.165, 1.54) is 6.08 Å². The van der Waals surface area contributed by atoms with Crippen molar-refractivity contribution < 1.29 is 9.59 Å².